The number of benzene rings is 1. The van der Waals surface area contributed by atoms with Gasteiger partial charge in [0.25, 0.3) is 5.69 Å². The molecule has 1 N–H and O–H groups in total. The second-order valence-corrected chi connectivity index (χ2v) is 3.88. The van der Waals surface area contributed by atoms with Gasteiger partial charge in [0.2, 0.25) is 0 Å². The molecule has 0 aliphatic carbocycles. The SMILES string of the molecule is CC(O)=C(C#N)C(=O)OCCc1ccc([N+](=O)[O-])cc1. The predicted octanol–water partition coefficient (Wildman–Crippen LogP) is 2.04. The highest BCUT2D eigenvalue weighted by atomic mass is 16.6. The van der Waals surface area contributed by atoms with Crippen molar-refractivity contribution in [1.82, 2.24) is 0 Å². The number of hydrogen-bond acceptors (Lipinski definition) is 6. The molecular formula is C13H12N2O5. The summed E-state index contributed by atoms with van der Waals surface area (Å²) in [5, 5.41) is 28.2. The van der Waals surface area contributed by atoms with Gasteiger partial charge in [0.1, 0.15) is 11.8 Å². The number of rotatable bonds is 5. The molecule has 104 valence electrons. The molecule has 0 amide bonds. The number of nitro benzene ring substituents is 1. The normalized spacial score (nSPS) is 11.2. The number of carbonyl (C=O) groups is 1. The maximum Gasteiger partial charge on any atom is 0.352 e. The Morgan fingerprint density at radius 3 is 2.50 bits per heavy atom. The van der Waals surface area contributed by atoms with E-state index in [0.717, 1.165) is 5.56 Å². The lowest BCUT2D eigenvalue weighted by atomic mass is 10.1. The van der Waals surface area contributed by atoms with Gasteiger partial charge in [-0.05, 0) is 12.5 Å². The third-order valence-corrected chi connectivity index (χ3v) is 2.45. The van der Waals surface area contributed by atoms with Crippen LogP contribution < -0.4 is 0 Å². The maximum absolute atomic E-state index is 11.4. The maximum atomic E-state index is 11.4. The lowest BCUT2D eigenvalue weighted by Gasteiger charge is -2.04. The van der Waals surface area contributed by atoms with E-state index in [1.165, 1.54) is 19.1 Å². The molecule has 0 aliphatic rings. The van der Waals surface area contributed by atoms with Crippen molar-refractivity contribution < 1.29 is 19.6 Å². The van der Waals surface area contributed by atoms with Crippen molar-refractivity contribution in [2.45, 2.75) is 13.3 Å². The van der Waals surface area contributed by atoms with Crippen molar-refractivity contribution in [3.05, 3.63) is 51.3 Å². The molecule has 0 heterocycles. The van der Waals surface area contributed by atoms with Crippen LogP contribution in [0.5, 0.6) is 0 Å². The van der Waals surface area contributed by atoms with Crippen LogP contribution in [0.25, 0.3) is 0 Å². The van der Waals surface area contributed by atoms with Gasteiger partial charge in [-0.15, -0.1) is 0 Å². The molecular weight excluding hydrogens is 264 g/mol. The van der Waals surface area contributed by atoms with Crippen LogP contribution in [0.4, 0.5) is 5.69 Å². The molecule has 0 bridgehead atoms. The number of hydrogen-bond donors (Lipinski definition) is 1. The average molecular weight is 276 g/mol. The minimum absolute atomic E-state index is 0.00903. The van der Waals surface area contributed by atoms with E-state index in [4.69, 9.17) is 15.1 Å². The van der Waals surface area contributed by atoms with Crippen LogP contribution in [0.1, 0.15) is 12.5 Å². The van der Waals surface area contributed by atoms with Gasteiger partial charge in [0.05, 0.1) is 11.5 Å². The van der Waals surface area contributed by atoms with Crippen LogP contribution in [-0.4, -0.2) is 22.6 Å². The number of nitrogens with zero attached hydrogens (tertiary/aromatic N) is 2. The fourth-order valence-electron chi connectivity index (χ4n) is 1.39. The molecule has 1 aromatic rings. The lowest BCUT2D eigenvalue weighted by Crippen LogP contribution is -2.11. The zero-order valence-corrected chi connectivity index (χ0v) is 10.7. The molecule has 1 aromatic carbocycles. The Morgan fingerprint density at radius 1 is 1.45 bits per heavy atom. The van der Waals surface area contributed by atoms with Crippen LogP contribution in [-0.2, 0) is 16.0 Å². The van der Waals surface area contributed by atoms with Crippen molar-refractivity contribution in [3.8, 4) is 6.07 Å². The molecule has 0 unspecified atom stereocenters. The summed E-state index contributed by atoms with van der Waals surface area (Å²) in [5.74, 6) is -1.29. The van der Waals surface area contributed by atoms with E-state index in [1.807, 2.05) is 0 Å². The Hall–Kier alpha value is -2.88. The highest BCUT2D eigenvalue weighted by Crippen LogP contribution is 2.12. The number of carbonyl (C=O) groups excluding carboxylic acids is 1. The molecule has 0 saturated carbocycles. The topological polar surface area (TPSA) is 113 Å². The van der Waals surface area contributed by atoms with Crippen LogP contribution >= 0.6 is 0 Å². The van der Waals surface area contributed by atoms with Crippen LogP contribution in [0.15, 0.2) is 35.6 Å². The largest absolute Gasteiger partial charge is 0.511 e. The van der Waals surface area contributed by atoms with Crippen LogP contribution in [0.2, 0.25) is 0 Å². The highest BCUT2D eigenvalue weighted by molar-refractivity contribution is 5.93. The third-order valence-electron chi connectivity index (χ3n) is 2.45. The van der Waals surface area contributed by atoms with Crippen LogP contribution in [0, 0.1) is 21.4 Å². The van der Waals surface area contributed by atoms with Crippen molar-refractivity contribution >= 4 is 11.7 Å². The second-order valence-electron chi connectivity index (χ2n) is 3.88. The fraction of sp³-hybridized carbons (Fsp3) is 0.231. The third kappa shape index (κ3) is 4.10. The van der Waals surface area contributed by atoms with Gasteiger partial charge in [0, 0.05) is 18.6 Å². The van der Waals surface area contributed by atoms with Gasteiger partial charge in [-0.3, -0.25) is 10.1 Å². The van der Waals surface area contributed by atoms with E-state index in [1.54, 1.807) is 18.2 Å². The number of nitriles is 1. The molecule has 0 spiro atoms. The van der Waals surface area contributed by atoms with Gasteiger partial charge < -0.3 is 9.84 Å². The summed E-state index contributed by atoms with van der Waals surface area (Å²) in [6.07, 6.45) is 0.354. The molecule has 0 saturated heterocycles. The Kier molecular flexibility index (Phi) is 5.23. The van der Waals surface area contributed by atoms with E-state index in [-0.39, 0.29) is 12.3 Å². The molecule has 0 fully saturated rings. The molecule has 7 nitrogen and oxygen atoms in total. The Balaban J connectivity index is 2.53. The lowest BCUT2D eigenvalue weighted by molar-refractivity contribution is -0.384. The zero-order valence-electron chi connectivity index (χ0n) is 10.7. The number of aliphatic hydroxyl groups excluding tert-OH is 1. The minimum Gasteiger partial charge on any atom is -0.511 e. The molecule has 7 heteroatoms. The summed E-state index contributed by atoms with van der Waals surface area (Å²) < 4.78 is 4.82. The van der Waals surface area contributed by atoms with Gasteiger partial charge >= 0.3 is 5.97 Å². The smallest absolute Gasteiger partial charge is 0.352 e. The summed E-state index contributed by atoms with van der Waals surface area (Å²) in [6.45, 7) is 1.23. The number of non-ortho nitro benzene ring substituents is 1. The van der Waals surface area contributed by atoms with E-state index < -0.39 is 22.2 Å². The summed E-state index contributed by atoms with van der Waals surface area (Å²) in [5.41, 5.74) is 0.302. The second kappa shape index (κ2) is 6.89. The quantitative estimate of drug-likeness (QED) is 0.220. The molecule has 0 aromatic heterocycles. The Morgan fingerprint density at radius 2 is 2.05 bits per heavy atom. The molecule has 0 aliphatic heterocycles. The zero-order chi connectivity index (χ0) is 15.1. The van der Waals surface area contributed by atoms with E-state index in [9.17, 15) is 14.9 Å². The summed E-state index contributed by atoms with van der Waals surface area (Å²) in [7, 11) is 0. The number of nitro groups is 1. The van der Waals surface area contributed by atoms with Gasteiger partial charge in [-0.25, -0.2) is 4.79 Å². The number of esters is 1. The molecule has 0 radical (unpaired) electrons. The first-order valence-electron chi connectivity index (χ1n) is 5.66. The van der Waals surface area contributed by atoms with Gasteiger partial charge in [-0.2, -0.15) is 5.26 Å². The monoisotopic (exact) mass is 276 g/mol. The molecule has 20 heavy (non-hydrogen) atoms. The molecule has 0 atom stereocenters. The van der Waals surface area contributed by atoms with E-state index in [2.05, 4.69) is 0 Å². The van der Waals surface area contributed by atoms with Crippen molar-refractivity contribution in [2.75, 3.05) is 6.61 Å². The number of ether oxygens (including phenoxy) is 1. The van der Waals surface area contributed by atoms with Gasteiger partial charge in [0.15, 0.2) is 5.57 Å². The predicted molar refractivity (Wildman–Crippen MR) is 68.7 cm³/mol. The average Bonchev–Trinajstić information content (AvgIpc) is 2.39. The van der Waals surface area contributed by atoms with E-state index in [0.29, 0.717) is 6.42 Å². The first-order valence-corrected chi connectivity index (χ1v) is 5.66. The highest BCUT2D eigenvalue weighted by Gasteiger charge is 2.14. The van der Waals surface area contributed by atoms with E-state index >= 15 is 0 Å². The minimum atomic E-state index is -0.894. The number of allylic oxidation sites excluding steroid dienone is 1. The summed E-state index contributed by atoms with van der Waals surface area (Å²) in [4.78, 5) is 21.4. The van der Waals surface area contributed by atoms with Crippen LogP contribution in [0.3, 0.4) is 0 Å². The Labute approximate surface area is 114 Å². The summed E-state index contributed by atoms with van der Waals surface area (Å²) in [6, 6.07) is 7.38. The first-order chi connectivity index (χ1) is 9.45. The standard InChI is InChI=1S/C13H12N2O5/c1-9(16)12(8-14)13(17)20-7-6-10-2-4-11(5-3-10)15(18)19/h2-5,16H,6-7H2,1H3. The summed E-state index contributed by atoms with van der Waals surface area (Å²) >= 11 is 0. The van der Waals surface area contributed by atoms with Crippen molar-refractivity contribution in [2.24, 2.45) is 0 Å². The fourth-order valence-corrected chi connectivity index (χ4v) is 1.39. The van der Waals surface area contributed by atoms with Crippen molar-refractivity contribution in [1.29, 1.82) is 5.26 Å². The number of aliphatic hydroxyl groups is 1. The first kappa shape index (κ1) is 15.2. The molecule has 1 rings (SSSR count). The van der Waals surface area contributed by atoms with Gasteiger partial charge in [-0.1, -0.05) is 12.1 Å². The van der Waals surface area contributed by atoms with Crippen molar-refractivity contribution in [3.63, 3.8) is 0 Å². The Bertz CT molecular complexity index is 580.